The average molecular weight is 218 g/mol. The van der Waals surface area contributed by atoms with E-state index in [2.05, 4.69) is 0 Å². The van der Waals surface area contributed by atoms with Crippen LogP contribution in [0.25, 0.3) is 0 Å². The van der Waals surface area contributed by atoms with Crippen molar-refractivity contribution in [2.75, 3.05) is 6.61 Å². The Morgan fingerprint density at radius 2 is 1.69 bits per heavy atom. The van der Waals surface area contributed by atoms with E-state index < -0.39 is 0 Å². The second-order valence-electron chi connectivity index (χ2n) is 2.86. The highest BCUT2D eigenvalue weighted by atomic mass is 35.5. The predicted molar refractivity (Wildman–Crippen MR) is 55.0 cm³/mol. The van der Waals surface area contributed by atoms with E-state index >= 15 is 0 Å². The molecule has 0 saturated heterocycles. The number of unbranched alkanes of at least 4 members (excludes halogenated alkanes) is 1. The van der Waals surface area contributed by atoms with Crippen LogP contribution in [0.4, 0.5) is 0 Å². The Hall–Kier alpha value is -0.240. The summed E-state index contributed by atoms with van der Waals surface area (Å²) in [6, 6.07) is 5.46. The molecule has 0 aromatic heterocycles. The van der Waals surface area contributed by atoms with Gasteiger partial charge < -0.3 is 0 Å². The molecule has 0 heterocycles. The summed E-state index contributed by atoms with van der Waals surface area (Å²) in [6.07, 6.45) is 2.33. The molecule has 0 aliphatic rings. The lowest BCUT2D eigenvalue weighted by Gasteiger charge is -2.05. The molecule has 1 aromatic rings. The standard InChI is InChI=1S/C10H11Cl2O/c11-9-5-3-6-10(12)8(9)4-1-2-7-13/h3,5-6H,1-2,4,7H2. The van der Waals surface area contributed by atoms with Gasteiger partial charge in [-0.1, -0.05) is 29.3 Å². The van der Waals surface area contributed by atoms with Crippen LogP contribution < -0.4 is 0 Å². The van der Waals surface area contributed by atoms with Crippen molar-refractivity contribution in [3.63, 3.8) is 0 Å². The third-order valence-corrected chi connectivity index (χ3v) is 2.59. The molecule has 0 atom stereocenters. The van der Waals surface area contributed by atoms with Crippen molar-refractivity contribution in [1.29, 1.82) is 0 Å². The smallest absolute Gasteiger partial charge is 0.0822 e. The van der Waals surface area contributed by atoms with Crippen LogP contribution in [-0.4, -0.2) is 6.61 Å². The molecule has 0 amide bonds. The molecule has 0 spiro atoms. The van der Waals surface area contributed by atoms with E-state index in [0.29, 0.717) is 16.5 Å². The van der Waals surface area contributed by atoms with Crippen molar-refractivity contribution >= 4 is 23.2 Å². The van der Waals surface area contributed by atoms with Gasteiger partial charge in [0, 0.05) is 10.0 Å². The number of rotatable bonds is 4. The second-order valence-corrected chi connectivity index (χ2v) is 3.68. The van der Waals surface area contributed by atoms with E-state index in [9.17, 15) is 5.11 Å². The predicted octanol–water partition coefficient (Wildman–Crippen LogP) is 3.75. The molecule has 0 bridgehead atoms. The van der Waals surface area contributed by atoms with Crippen molar-refractivity contribution in [2.45, 2.75) is 19.3 Å². The Morgan fingerprint density at radius 1 is 1.08 bits per heavy atom. The molecule has 0 aliphatic heterocycles. The lowest BCUT2D eigenvalue weighted by molar-refractivity contribution is 0.187. The molecule has 1 aromatic carbocycles. The summed E-state index contributed by atoms with van der Waals surface area (Å²) in [7, 11) is 0. The molecule has 13 heavy (non-hydrogen) atoms. The van der Waals surface area contributed by atoms with E-state index in [1.54, 1.807) is 0 Å². The van der Waals surface area contributed by atoms with Crippen LogP contribution in [-0.2, 0) is 11.5 Å². The first-order valence-corrected chi connectivity index (χ1v) is 5.02. The largest absolute Gasteiger partial charge is 0.237 e. The van der Waals surface area contributed by atoms with E-state index in [-0.39, 0.29) is 6.61 Å². The van der Waals surface area contributed by atoms with E-state index in [0.717, 1.165) is 18.4 Å². The van der Waals surface area contributed by atoms with Gasteiger partial charge in [0.05, 0.1) is 6.61 Å². The van der Waals surface area contributed by atoms with Gasteiger partial charge in [0.15, 0.2) is 0 Å². The quantitative estimate of drug-likeness (QED) is 0.686. The van der Waals surface area contributed by atoms with Crippen LogP contribution in [0.15, 0.2) is 18.2 Å². The van der Waals surface area contributed by atoms with Crippen molar-refractivity contribution < 1.29 is 5.11 Å². The fourth-order valence-corrected chi connectivity index (χ4v) is 1.76. The monoisotopic (exact) mass is 217 g/mol. The molecule has 0 N–H and O–H groups in total. The van der Waals surface area contributed by atoms with E-state index in [4.69, 9.17) is 23.2 Å². The Balaban J connectivity index is 2.64. The number of hydrogen-bond acceptors (Lipinski definition) is 0. The van der Waals surface area contributed by atoms with Gasteiger partial charge in [-0.05, 0) is 37.0 Å². The minimum Gasteiger partial charge on any atom is -0.237 e. The van der Waals surface area contributed by atoms with Crippen molar-refractivity contribution in [1.82, 2.24) is 0 Å². The van der Waals surface area contributed by atoms with Crippen molar-refractivity contribution in [3.8, 4) is 0 Å². The molecular formula is C10H11Cl2O. The first-order chi connectivity index (χ1) is 6.25. The molecule has 0 fully saturated rings. The lowest BCUT2D eigenvalue weighted by atomic mass is 10.1. The van der Waals surface area contributed by atoms with Gasteiger partial charge in [0.1, 0.15) is 0 Å². The summed E-state index contributed by atoms with van der Waals surface area (Å²) in [5, 5.41) is 11.6. The summed E-state index contributed by atoms with van der Waals surface area (Å²) < 4.78 is 0. The maximum absolute atomic E-state index is 10.2. The van der Waals surface area contributed by atoms with Gasteiger partial charge >= 0.3 is 0 Å². The zero-order chi connectivity index (χ0) is 9.68. The number of halogens is 2. The molecule has 0 unspecified atom stereocenters. The fourth-order valence-electron chi connectivity index (χ4n) is 1.18. The minimum absolute atomic E-state index is 0.0257. The summed E-state index contributed by atoms with van der Waals surface area (Å²) in [6.45, 7) is -0.0257. The summed E-state index contributed by atoms with van der Waals surface area (Å²) in [4.78, 5) is 0. The van der Waals surface area contributed by atoms with Crippen LogP contribution in [0.3, 0.4) is 0 Å². The Labute approximate surface area is 88.3 Å². The second kappa shape index (κ2) is 5.48. The molecule has 1 nitrogen and oxygen atoms in total. The SMILES string of the molecule is [O]CCCCc1c(Cl)cccc1Cl. The first-order valence-electron chi connectivity index (χ1n) is 4.26. The van der Waals surface area contributed by atoms with Crippen LogP contribution >= 0.6 is 23.2 Å². The molecular weight excluding hydrogens is 207 g/mol. The topological polar surface area (TPSA) is 19.9 Å². The average Bonchev–Trinajstić information content (AvgIpc) is 2.10. The van der Waals surface area contributed by atoms with E-state index in [1.165, 1.54) is 0 Å². The zero-order valence-electron chi connectivity index (χ0n) is 7.22. The highest BCUT2D eigenvalue weighted by Crippen LogP contribution is 2.25. The van der Waals surface area contributed by atoms with Crippen LogP contribution in [0.1, 0.15) is 18.4 Å². The molecule has 0 saturated carbocycles. The Morgan fingerprint density at radius 3 is 2.23 bits per heavy atom. The van der Waals surface area contributed by atoms with E-state index in [1.807, 2.05) is 18.2 Å². The number of benzene rings is 1. The number of hydrogen-bond donors (Lipinski definition) is 0. The summed E-state index contributed by atoms with van der Waals surface area (Å²) >= 11 is 11.9. The van der Waals surface area contributed by atoms with Gasteiger partial charge in [-0.3, -0.25) is 0 Å². The van der Waals surface area contributed by atoms with Gasteiger partial charge in [0.2, 0.25) is 0 Å². The van der Waals surface area contributed by atoms with Gasteiger partial charge in [-0.15, -0.1) is 0 Å². The molecule has 1 rings (SSSR count). The lowest BCUT2D eigenvalue weighted by Crippen LogP contribution is -1.90. The first kappa shape index (κ1) is 10.8. The zero-order valence-corrected chi connectivity index (χ0v) is 8.74. The molecule has 71 valence electrons. The molecule has 1 radical (unpaired) electrons. The Bertz CT molecular complexity index is 253. The third-order valence-electron chi connectivity index (χ3n) is 1.88. The third kappa shape index (κ3) is 3.18. The maximum Gasteiger partial charge on any atom is 0.0822 e. The van der Waals surface area contributed by atoms with Gasteiger partial charge in [-0.25, -0.2) is 5.11 Å². The summed E-state index contributed by atoms with van der Waals surface area (Å²) in [5.41, 5.74) is 0.958. The highest BCUT2D eigenvalue weighted by Gasteiger charge is 2.04. The van der Waals surface area contributed by atoms with Crippen LogP contribution in [0, 0.1) is 0 Å². The van der Waals surface area contributed by atoms with Crippen molar-refractivity contribution in [3.05, 3.63) is 33.8 Å². The minimum atomic E-state index is -0.0257. The molecule has 3 heteroatoms. The van der Waals surface area contributed by atoms with Crippen LogP contribution in [0.2, 0.25) is 10.0 Å². The van der Waals surface area contributed by atoms with Gasteiger partial charge in [0.25, 0.3) is 0 Å². The maximum atomic E-state index is 10.2. The van der Waals surface area contributed by atoms with Crippen molar-refractivity contribution in [2.24, 2.45) is 0 Å². The Kier molecular flexibility index (Phi) is 4.57. The highest BCUT2D eigenvalue weighted by molar-refractivity contribution is 6.35. The summed E-state index contributed by atoms with van der Waals surface area (Å²) in [5.74, 6) is 0. The van der Waals surface area contributed by atoms with Crippen LogP contribution in [0.5, 0.6) is 0 Å². The normalized spacial score (nSPS) is 10.4. The molecule has 0 aliphatic carbocycles. The van der Waals surface area contributed by atoms with Gasteiger partial charge in [-0.2, -0.15) is 0 Å². The fraction of sp³-hybridized carbons (Fsp3) is 0.400.